The lowest BCUT2D eigenvalue weighted by Gasteiger charge is -2.43. The Morgan fingerprint density at radius 3 is 1.61 bits per heavy atom. The second kappa shape index (κ2) is 40.4. The number of aliphatic imine (C=N–C) groups is 5. The molecular weight excluding hydrogens is 1760 g/mol. The van der Waals surface area contributed by atoms with Crippen LogP contribution >= 0.6 is 27.3 Å². The van der Waals surface area contributed by atoms with Crippen LogP contribution in [0.2, 0.25) is 0 Å². The fourth-order valence-electron chi connectivity index (χ4n) is 17.8. The molecule has 682 valence electrons. The summed E-state index contributed by atoms with van der Waals surface area (Å²) in [6, 6.07) is 74.2. The number of nitrogens with two attached hydrogens (primary N) is 5. The van der Waals surface area contributed by atoms with Crippen molar-refractivity contribution in [3.8, 4) is 11.1 Å². The van der Waals surface area contributed by atoms with Crippen LogP contribution in [0.3, 0.4) is 0 Å². The molecule has 9 heterocycles. The van der Waals surface area contributed by atoms with E-state index in [4.69, 9.17) is 48.1 Å². The molecule has 5 amide bonds. The van der Waals surface area contributed by atoms with Crippen LogP contribution in [0.5, 0.6) is 0 Å². The van der Waals surface area contributed by atoms with E-state index in [9.17, 15) is 32.4 Å². The van der Waals surface area contributed by atoms with Gasteiger partial charge in [-0.05, 0) is 184 Å². The molecule has 0 spiro atoms. The van der Waals surface area contributed by atoms with Gasteiger partial charge in [0.25, 0.3) is 11.8 Å². The molecule has 10 N–H and O–H groups in total. The fraction of sp³-hybridized carbons (Fsp3) is 0.330. The highest BCUT2D eigenvalue weighted by molar-refractivity contribution is 9.10. The maximum Gasteiger partial charge on any atom is 0.266 e. The maximum atomic E-state index is 14.0. The van der Waals surface area contributed by atoms with Crippen LogP contribution in [-0.4, -0.2) is 198 Å². The molecule has 0 radical (unpaired) electrons. The number of fused-ring (bicyclic) bond motifs is 2. The monoisotopic (exact) mass is 1870 g/mol. The number of amides is 5. The van der Waals surface area contributed by atoms with E-state index in [-0.39, 0.29) is 65.7 Å². The van der Waals surface area contributed by atoms with Crippen molar-refractivity contribution in [3.63, 3.8) is 0 Å². The third kappa shape index (κ3) is 20.2. The van der Waals surface area contributed by atoms with E-state index in [1.54, 1.807) is 67.6 Å². The number of thiophene rings is 1. The summed E-state index contributed by atoms with van der Waals surface area (Å²) in [4.78, 5) is 97.3. The van der Waals surface area contributed by atoms with Crippen molar-refractivity contribution in [2.24, 2.45) is 59.5 Å². The highest BCUT2D eigenvalue weighted by Crippen LogP contribution is 2.46. The third-order valence-corrected chi connectivity index (χ3v) is 29.1. The van der Waals surface area contributed by atoms with Crippen molar-refractivity contribution >= 4 is 118 Å². The van der Waals surface area contributed by atoms with Crippen molar-refractivity contribution < 1.29 is 41.9 Å². The number of carbonyl (C=O) groups is 5. The zero-order valence-corrected chi connectivity index (χ0v) is 78.6. The highest BCUT2D eigenvalue weighted by atomic mass is 79.9. The van der Waals surface area contributed by atoms with Gasteiger partial charge in [0.1, 0.15) is 0 Å². The largest absolute Gasteiger partial charge is 0.380 e. The van der Waals surface area contributed by atoms with Gasteiger partial charge in [0, 0.05) is 88.6 Å². The van der Waals surface area contributed by atoms with Gasteiger partial charge in [0.15, 0.2) is 40.9 Å². The number of ether oxygens (including phenoxy) is 2. The number of sulfonamides is 1. The molecule has 31 heteroatoms. The lowest BCUT2D eigenvalue weighted by molar-refractivity contribution is -0.131. The van der Waals surface area contributed by atoms with Gasteiger partial charge in [0.2, 0.25) is 27.7 Å². The number of aromatic nitrogens is 2. The second-order valence-electron chi connectivity index (χ2n) is 34.4. The van der Waals surface area contributed by atoms with E-state index in [2.05, 4.69) is 89.6 Å². The van der Waals surface area contributed by atoms with E-state index in [0.29, 0.717) is 56.5 Å². The van der Waals surface area contributed by atoms with Crippen LogP contribution in [0.1, 0.15) is 123 Å². The van der Waals surface area contributed by atoms with Gasteiger partial charge < -0.3 is 38.1 Å². The van der Waals surface area contributed by atoms with Crippen LogP contribution < -0.4 is 28.7 Å². The van der Waals surface area contributed by atoms with Crippen molar-refractivity contribution in [1.29, 1.82) is 0 Å². The number of methoxy groups -OCH3 is 1. The van der Waals surface area contributed by atoms with Crippen LogP contribution in [0.4, 0.5) is 0 Å². The summed E-state index contributed by atoms with van der Waals surface area (Å²) in [5.41, 5.74) is 37.7. The summed E-state index contributed by atoms with van der Waals surface area (Å²) in [5.74, 6) is 0.859. The number of piperidine rings is 1. The minimum atomic E-state index is -3.56. The van der Waals surface area contributed by atoms with E-state index >= 15 is 0 Å². The molecular formula is C100H114BrN19O9S2. The molecule has 0 saturated carbocycles. The SMILES string of the molecule is CCCn1ncc2ccc([C@]3(C)CC(=O)N(C)C(N)=N3)cc21.CN1C(=O)C[C@@](C)(c2csc3c(Br)cccc23)N=C1N.COCc1cccc(-c2cccc(CN3C(=O)C(c4ccccc4)(c4ccccc4)N=C3N)c2)c1.Cc1cccc(S(=O)(=O)N2CCCC([C@]3(C)CC(=O)N(C)C(N)=N3)C2)c1.NC1=NC(c2ccccc2)(c2ccccc2)C(=O)N1CCCN1CCOCC1. The summed E-state index contributed by atoms with van der Waals surface area (Å²) in [6.07, 6.45) is 6.20. The fourth-order valence-corrected chi connectivity index (χ4v) is 21.2. The number of hydrogen-bond donors (Lipinski definition) is 5. The van der Waals surface area contributed by atoms with E-state index in [1.807, 2.05) is 214 Å². The quantitative estimate of drug-likeness (QED) is 0.0473. The molecule has 7 aliphatic rings. The average molecular weight is 1870 g/mol. The van der Waals surface area contributed by atoms with Gasteiger partial charge >= 0.3 is 0 Å². The summed E-state index contributed by atoms with van der Waals surface area (Å²) < 4.78 is 42.5. The smallest absolute Gasteiger partial charge is 0.266 e. The molecule has 7 aliphatic heterocycles. The van der Waals surface area contributed by atoms with Crippen molar-refractivity contribution in [2.45, 2.75) is 132 Å². The number of rotatable bonds is 20. The average Bonchev–Trinajstić information content (AvgIpc) is 1.59. The number of halogens is 1. The minimum absolute atomic E-state index is 0.00523. The molecule has 0 bridgehead atoms. The van der Waals surface area contributed by atoms with E-state index < -0.39 is 37.7 Å². The highest BCUT2D eigenvalue weighted by Gasteiger charge is 2.53. The van der Waals surface area contributed by atoms with E-state index in [1.165, 1.54) is 23.7 Å². The molecule has 9 aromatic carbocycles. The van der Waals surface area contributed by atoms with Gasteiger partial charge in [-0.15, -0.1) is 11.3 Å². The first-order valence-electron chi connectivity index (χ1n) is 43.9. The third-order valence-electron chi connectivity index (χ3n) is 25.3. The Kier molecular flexibility index (Phi) is 29.1. The Hall–Kier alpha value is -12.6. The molecule has 2 fully saturated rings. The standard InChI is InChI=1S/C30H27N3O2.C22H26N4O2.C18H26N4O3S.C16H21N5O.C14H14BrN3OS/c1-35-21-23-11-9-13-25(19-23)24-12-8-10-22(18-24)20-33-28(34)30(32-29(33)31,26-14-4-2-5-15-26)27-16-6-3-7-17-27;23-21-24-22(18-8-3-1-4-9-18,19-10-5-2-6-11-19)20(27)26(21)13-7-12-25-14-16-28-17-15-25;1-13-6-4-8-15(10-13)26(24,25)22-9-5-7-14(12-22)18(2)11-16(23)21(3)17(19)20-18;1-4-7-21-13-8-12(6-5-11(13)10-18-21)16(2)9-14(22)20(3)15(17)19-16;1-14(6-11(19)18(2)13(16)17-14)9-7-20-12-8(9)4-3-5-10(12)15/h2-19H,20-21H2,1H3,(H2,31,32);1-6,8-11H,7,12-17H2,(H2,23,24);4,6,8,10,14H,5,7,9,11-12H2,1-3H3,(H2,19,20);5-6,8,10H,4,7,9H2,1-3H3,(H2,17,19);3-5,7H,6H2,1-2H3,(H2,16,17)/t;;14?,18-;16-;14-/m..000/s1. The molecule has 18 rings (SSSR count). The Morgan fingerprint density at radius 2 is 1.05 bits per heavy atom. The van der Waals surface area contributed by atoms with Crippen LogP contribution in [0.25, 0.3) is 32.1 Å². The normalized spacial score (nSPS) is 21.0. The summed E-state index contributed by atoms with van der Waals surface area (Å²) in [5, 5.41) is 8.71. The van der Waals surface area contributed by atoms with Crippen LogP contribution in [-0.2, 0) is 85.3 Å². The molecule has 2 aromatic heterocycles. The molecule has 131 heavy (non-hydrogen) atoms. The Labute approximate surface area is 777 Å². The topological polar surface area (TPSA) is 370 Å². The molecule has 4 atom stereocenters. The first-order chi connectivity index (χ1) is 62.8. The van der Waals surface area contributed by atoms with Crippen molar-refractivity contribution in [3.05, 3.63) is 297 Å². The second-order valence-corrected chi connectivity index (χ2v) is 38.1. The number of nitrogens with zero attached hydrogens (tertiary/aromatic N) is 14. The zero-order chi connectivity index (χ0) is 93.2. The number of benzene rings is 9. The van der Waals surface area contributed by atoms with E-state index in [0.717, 1.165) is 147 Å². The Bertz CT molecular complexity index is 6210. The van der Waals surface area contributed by atoms with Gasteiger partial charge in [-0.2, -0.15) is 9.40 Å². The molecule has 0 aliphatic carbocycles. The Morgan fingerprint density at radius 1 is 0.534 bits per heavy atom. The van der Waals surface area contributed by atoms with Crippen molar-refractivity contribution in [1.82, 2.24) is 43.5 Å². The van der Waals surface area contributed by atoms with Gasteiger partial charge in [-0.25, -0.2) is 33.4 Å². The van der Waals surface area contributed by atoms with Gasteiger partial charge in [-0.1, -0.05) is 201 Å². The number of guanidine groups is 5. The van der Waals surface area contributed by atoms with Crippen molar-refractivity contribution in [2.75, 3.05) is 80.7 Å². The number of hydrogen-bond acceptors (Lipinski definition) is 22. The molecule has 2 saturated heterocycles. The lowest BCUT2D eigenvalue weighted by Crippen LogP contribution is -2.54. The number of aryl methyl sites for hydroxylation is 2. The summed E-state index contributed by atoms with van der Waals surface area (Å²) >= 11 is 5.21. The number of morpholine rings is 1. The van der Waals surface area contributed by atoms with Gasteiger partial charge in [0.05, 0.1) is 78.9 Å². The summed E-state index contributed by atoms with van der Waals surface area (Å²) in [6.45, 7) is 17.3. The van der Waals surface area contributed by atoms with Crippen LogP contribution in [0, 0.1) is 12.8 Å². The Balaban J connectivity index is 0.000000134. The number of carbonyl (C=O) groups excluding carboxylic acids is 5. The first-order valence-corrected chi connectivity index (χ1v) is 47.0. The zero-order valence-electron chi connectivity index (χ0n) is 75.4. The predicted octanol–water partition coefficient (Wildman–Crippen LogP) is 13.1. The molecule has 11 aromatic rings. The maximum absolute atomic E-state index is 14.0. The van der Waals surface area contributed by atoms with Gasteiger partial charge in [-0.3, -0.25) is 58.1 Å². The minimum Gasteiger partial charge on any atom is -0.380 e. The predicted molar refractivity (Wildman–Crippen MR) is 520 cm³/mol. The lowest BCUT2D eigenvalue weighted by atomic mass is 9.78. The molecule has 1 unspecified atom stereocenters. The first kappa shape index (κ1) is 94.5. The summed E-state index contributed by atoms with van der Waals surface area (Å²) in [7, 11) is 3.05. The molecule has 28 nitrogen and oxygen atoms in total. The van der Waals surface area contributed by atoms with Crippen LogP contribution in [0.15, 0.2) is 276 Å².